The third-order valence-corrected chi connectivity index (χ3v) is 3.33. The normalized spacial score (nSPS) is 10.4. The van der Waals surface area contributed by atoms with E-state index in [1.807, 2.05) is 30.3 Å². The van der Waals surface area contributed by atoms with Crippen LogP contribution in [0.5, 0.6) is 0 Å². The number of para-hydroxylation sites is 1. The highest BCUT2D eigenvalue weighted by Gasteiger charge is 2.07. The molecule has 0 fully saturated rings. The Hall–Kier alpha value is -2.63. The number of aromatic nitrogens is 1. The minimum absolute atomic E-state index is 0.0545. The molecule has 2 rings (SSSR count). The van der Waals surface area contributed by atoms with E-state index in [9.17, 15) is 14.4 Å². The predicted molar refractivity (Wildman–Crippen MR) is 82.5 cm³/mol. The van der Waals surface area contributed by atoms with Crippen molar-refractivity contribution in [3.63, 3.8) is 0 Å². The van der Waals surface area contributed by atoms with E-state index in [0.29, 0.717) is 18.5 Å². The molecule has 2 N–H and O–H groups in total. The van der Waals surface area contributed by atoms with Crippen LogP contribution < -0.4 is 10.9 Å². The van der Waals surface area contributed by atoms with E-state index in [-0.39, 0.29) is 24.3 Å². The highest BCUT2D eigenvalue weighted by molar-refractivity contribution is 5.81. The molecule has 6 heteroatoms. The van der Waals surface area contributed by atoms with Gasteiger partial charge < -0.3 is 15.0 Å². The average molecular weight is 302 g/mol. The lowest BCUT2D eigenvalue weighted by atomic mass is 10.1. The molecule has 0 aliphatic carbocycles. The fourth-order valence-corrected chi connectivity index (χ4v) is 2.12. The van der Waals surface area contributed by atoms with Crippen molar-refractivity contribution in [3.05, 3.63) is 46.2 Å². The maximum atomic E-state index is 11.9. The number of carbonyl (C=O) groups excluding carboxylic acids is 2. The third-order valence-electron chi connectivity index (χ3n) is 3.33. The summed E-state index contributed by atoms with van der Waals surface area (Å²) in [5.74, 6) is -0.649. The van der Waals surface area contributed by atoms with Crippen molar-refractivity contribution in [2.75, 3.05) is 13.7 Å². The molecule has 116 valence electrons. The summed E-state index contributed by atoms with van der Waals surface area (Å²) >= 11 is 0. The van der Waals surface area contributed by atoms with Gasteiger partial charge in [-0.25, -0.2) is 0 Å². The first-order valence-corrected chi connectivity index (χ1v) is 7.04. The number of pyridine rings is 1. The average Bonchev–Trinajstić information content (AvgIpc) is 2.53. The number of ether oxygens (including phenoxy) is 1. The number of carbonyl (C=O) groups is 2. The smallest absolute Gasteiger partial charge is 0.306 e. The molecule has 0 saturated carbocycles. The minimum atomic E-state index is -0.416. The van der Waals surface area contributed by atoms with Gasteiger partial charge >= 0.3 is 5.97 Å². The SMILES string of the molecule is COC(=O)CCC(=O)NCCc1cc2ccccc2[nH]c1=O. The van der Waals surface area contributed by atoms with Crippen molar-refractivity contribution in [2.24, 2.45) is 0 Å². The van der Waals surface area contributed by atoms with Crippen LogP contribution in [0, 0.1) is 0 Å². The molecule has 0 saturated heterocycles. The summed E-state index contributed by atoms with van der Waals surface area (Å²) < 4.78 is 4.47. The van der Waals surface area contributed by atoms with Gasteiger partial charge in [-0.2, -0.15) is 0 Å². The Morgan fingerprint density at radius 2 is 2.00 bits per heavy atom. The van der Waals surface area contributed by atoms with Crippen LogP contribution in [-0.4, -0.2) is 30.5 Å². The van der Waals surface area contributed by atoms with Gasteiger partial charge in [0.1, 0.15) is 0 Å². The van der Waals surface area contributed by atoms with E-state index in [2.05, 4.69) is 15.0 Å². The van der Waals surface area contributed by atoms with Gasteiger partial charge in [-0.1, -0.05) is 18.2 Å². The van der Waals surface area contributed by atoms with E-state index in [0.717, 1.165) is 10.9 Å². The molecule has 1 heterocycles. The van der Waals surface area contributed by atoms with Gasteiger partial charge in [-0.15, -0.1) is 0 Å². The maximum absolute atomic E-state index is 11.9. The molecule has 1 aromatic heterocycles. The number of nitrogens with one attached hydrogen (secondary N) is 2. The number of methoxy groups -OCH3 is 1. The van der Waals surface area contributed by atoms with Crippen molar-refractivity contribution in [1.29, 1.82) is 0 Å². The second-order valence-electron chi connectivity index (χ2n) is 4.89. The van der Waals surface area contributed by atoms with Gasteiger partial charge in [0.2, 0.25) is 5.91 Å². The van der Waals surface area contributed by atoms with Crippen LogP contribution in [0.2, 0.25) is 0 Å². The van der Waals surface area contributed by atoms with Gasteiger partial charge in [0.25, 0.3) is 5.56 Å². The van der Waals surface area contributed by atoms with Crippen molar-refractivity contribution in [3.8, 4) is 0 Å². The number of hydrogen-bond donors (Lipinski definition) is 2. The zero-order chi connectivity index (χ0) is 15.9. The van der Waals surface area contributed by atoms with Gasteiger partial charge in [-0.05, 0) is 23.9 Å². The molecule has 0 unspecified atom stereocenters. The van der Waals surface area contributed by atoms with Gasteiger partial charge in [0, 0.05) is 24.0 Å². The Morgan fingerprint density at radius 1 is 1.23 bits per heavy atom. The van der Waals surface area contributed by atoms with E-state index < -0.39 is 5.97 Å². The largest absolute Gasteiger partial charge is 0.469 e. The van der Waals surface area contributed by atoms with Crippen molar-refractivity contribution in [2.45, 2.75) is 19.3 Å². The Kier molecular flexibility index (Phi) is 5.30. The van der Waals surface area contributed by atoms with Crippen molar-refractivity contribution < 1.29 is 14.3 Å². The Labute approximate surface area is 127 Å². The quantitative estimate of drug-likeness (QED) is 0.783. The van der Waals surface area contributed by atoms with E-state index in [1.165, 1.54) is 7.11 Å². The van der Waals surface area contributed by atoms with Gasteiger partial charge in [-0.3, -0.25) is 14.4 Å². The molecule has 0 radical (unpaired) electrons. The fraction of sp³-hybridized carbons (Fsp3) is 0.312. The number of esters is 1. The number of benzene rings is 1. The Balaban J connectivity index is 1.89. The van der Waals surface area contributed by atoms with Crippen LogP contribution in [0.25, 0.3) is 10.9 Å². The highest BCUT2D eigenvalue weighted by atomic mass is 16.5. The topological polar surface area (TPSA) is 88.3 Å². The Morgan fingerprint density at radius 3 is 2.77 bits per heavy atom. The fourth-order valence-electron chi connectivity index (χ4n) is 2.12. The molecule has 0 atom stereocenters. The van der Waals surface area contributed by atoms with Crippen LogP contribution in [0.3, 0.4) is 0 Å². The summed E-state index contributed by atoms with van der Waals surface area (Å²) in [7, 11) is 1.28. The molecule has 0 spiro atoms. The number of hydrogen-bond acceptors (Lipinski definition) is 4. The van der Waals surface area contributed by atoms with Crippen LogP contribution in [0.15, 0.2) is 35.1 Å². The van der Waals surface area contributed by atoms with Crippen LogP contribution in [0.1, 0.15) is 18.4 Å². The van der Waals surface area contributed by atoms with Gasteiger partial charge in [0.05, 0.1) is 13.5 Å². The monoisotopic (exact) mass is 302 g/mol. The van der Waals surface area contributed by atoms with Crippen LogP contribution in [-0.2, 0) is 20.7 Å². The minimum Gasteiger partial charge on any atom is -0.469 e. The first kappa shape index (κ1) is 15.8. The van der Waals surface area contributed by atoms with Crippen LogP contribution >= 0.6 is 0 Å². The van der Waals surface area contributed by atoms with E-state index in [1.54, 1.807) is 0 Å². The molecule has 6 nitrogen and oxygen atoms in total. The number of H-pyrrole nitrogens is 1. The van der Waals surface area contributed by atoms with Gasteiger partial charge in [0.15, 0.2) is 0 Å². The molecular weight excluding hydrogens is 284 g/mol. The molecule has 0 bridgehead atoms. The molecule has 0 aliphatic rings. The first-order valence-electron chi connectivity index (χ1n) is 7.04. The predicted octanol–water partition coefficient (Wildman–Crippen LogP) is 1.14. The molecule has 2 aromatic rings. The summed E-state index contributed by atoms with van der Waals surface area (Å²) in [5.41, 5.74) is 1.26. The third kappa shape index (κ3) is 4.18. The molecule has 22 heavy (non-hydrogen) atoms. The number of amides is 1. The molecule has 1 amide bonds. The standard InChI is InChI=1S/C16H18N2O4/c1-22-15(20)7-6-14(19)17-9-8-12-10-11-4-2-3-5-13(11)18-16(12)21/h2-5,10H,6-9H2,1H3,(H,17,19)(H,18,21). The summed E-state index contributed by atoms with van der Waals surface area (Å²) in [4.78, 5) is 37.2. The van der Waals surface area contributed by atoms with E-state index >= 15 is 0 Å². The number of aromatic amines is 1. The summed E-state index contributed by atoms with van der Waals surface area (Å²) in [5, 5.41) is 3.64. The zero-order valence-corrected chi connectivity index (χ0v) is 12.3. The lowest BCUT2D eigenvalue weighted by Gasteiger charge is -2.06. The number of rotatable bonds is 6. The summed E-state index contributed by atoms with van der Waals surface area (Å²) in [6.45, 7) is 0.349. The Bertz CT molecular complexity index is 736. The number of fused-ring (bicyclic) bond motifs is 1. The second-order valence-corrected chi connectivity index (χ2v) is 4.89. The van der Waals surface area contributed by atoms with Crippen LogP contribution in [0.4, 0.5) is 0 Å². The lowest BCUT2D eigenvalue weighted by molar-refractivity contribution is -0.142. The lowest BCUT2D eigenvalue weighted by Crippen LogP contribution is -2.27. The first-order chi connectivity index (χ1) is 10.6. The molecule has 1 aromatic carbocycles. The summed E-state index contributed by atoms with van der Waals surface area (Å²) in [6.07, 6.45) is 0.573. The van der Waals surface area contributed by atoms with E-state index in [4.69, 9.17) is 0 Å². The maximum Gasteiger partial charge on any atom is 0.306 e. The summed E-state index contributed by atoms with van der Waals surface area (Å²) in [6, 6.07) is 9.35. The van der Waals surface area contributed by atoms with Crippen molar-refractivity contribution >= 4 is 22.8 Å². The molecule has 0 aliphatic heterocycles. The molecular formula is C16H18N2O4. The second kappa shape index (κ2) is 7.40. The van der Waals surface area contributed by atoms with Crippen molar-refractivity contribution in [1.82, 2.24) is 10.3 Å². The zero-order valence-electron chi connectivity index (χ0n) is 12.3. The highest BCUT2D eigenvalue weighted by Crippen LogP contribution is 2.10.